The SMILES string of the molecule is CCOc1ccc(OCC)c(N2C(=O)NC(=O)/C(=C\c3ccc(OCc4cccc([N+](=O)[O-])c4)c(I)c3)C2=O)c1. The van der Waals surface area contributed by atoms with E-state index in [-0.39, 0.29) is 29.3 Å². The van der Waals surface area contributed by atoms with Gasteiger partial charge in [-0.3, -0.25) is 25.0 Å². The van der Waals surface area contributed by atoms with Gasteiger partial charge in [-0.2, -0.15) is 0 Å². The van der Waals surface area contributed by atoms with Crippen LogP contribution in [0.3, 0.4) is 0 Å². The molecule has 206 valence electrons. The predicted molar refractivity (Wildman–Crippen MR) is 154 cm³/mol. The second-order valence-corrected chi connectivity index (χ2v) is 9.52. The molecular formula is C28H24IN3O8. The molecule has 3 aromatic rings. The Morgan fingerprint density at radius 3 is 2.40 bits per heavy atom. The largest absolute Gasteiger partial charge is 0.494 e. The number of nitro benzene ring substituents is 1. The first-order chi connectivity index (χ1) is 19.2. The van der Waals surface area contributed by atoms with E-state index >= 15 is 0 Å². The second-order valence-electron chi connectivity index (χ2n) is 8.36. The number of hydrogen-bond donors (Lipinski definition) is 1. The number of hydrogen-bond acceptors (Lipinski definition) is 8. The summed E-state index contributed by atoms with van der Waals surface area (Å²) < 4.78 is 17.6. The van der Waals surface area contributed by atoms with Crippen LogP contribution in [-0.4, -0.2) is 36.0 Å². The average molecular weight is 657 g/mol. The van der Waals surface area contributed by atoms with E-state index in [4.69, 9.17) is 14.2 Å². The van der Waals surface area contributed by atoms with Crippen molar-refractivity contribution in [2.45, 2.75) is 20.5 Å². The van der Waals surface area contributed by atoms with Gasteiger partial charge in [0, 0.05) is 18.2 Å². The van der Waals surface area contributed by atoms with E-state index in [1.165, 1.54) is 24.3 Å². The molecule has 1 aliphatic rings. The van der Waals surface area contributed by atoms with Crippen molar-refractivity contribution in [1.82, 2.24) is 5.32 Å². The monoisotopic (exact) mass is 657 g/mol. The minimum Gasteiger partial charge on any atom is -0.494 e. The zero-order valence-electron chi connectivity index (χ0n) is 21.5. The maximum absolute atomic E-state index is 13.5. The van der Waals surface area contributed by atoms with Crippen molar-refractivity contribution in [1.29, 1.82) is 0 Å². The van der Waals surface area contributed by atoms with Crippen LogP contribution < -0.4 is 24.4 Å². The minimum atomic E-state index is -0.902. The molecule has 1 heterocycles. The highest BCUT2D eigenvalue weighted by molar-refractivity contribution is 14.1. The molecular weight excluding hydrogens is 633 g/mol. The Morgan fingerprint density at radius 1 is 0.950 bits per heavy atom. The molecule has 1 aliphatic heterocycles. The Labute approximate surface area is 243 Å². The van der Waals surface area contributed by atoms with Crippen LogP contribution in [0.25, 0.3) is 6.08 Å². The lowest BCUT2D eigenvalue weighted by atomic mass is 10.1. The molecule has 1 fully saturated rings. The molecule has 12 heteroatoms. The molecule has 0 aliphatic carbocycles. The number of imide groups is 2. The number of barbiturate groups is 1. The lowest BCUT2D eigenvalue weighted by Crippen LogP contribution is -2.54. The van der Waals surface area contributed by atoms with Gasteiger partial charge in [-0.25, -0.2) is 9.69 Å². The molecule has 0 radical (unpaired) electrons. The van der Waals surface area contributed by atoms with Crippen LogP contribution in [0.1, 0.15) is 25.0 Å². The van der Waals surface area contributed by atoms with Crippen LogP contribution in [0.15, 0.2) is 66.2 Å². The van der Waals surface area contributed by atoms with Gasteiger partial charge in [0.05, 0.1) is 27.4 Å². The molecule has 3 aromatic carbocycles. The zero-order chi connectivity index (χ0) is 28.8. The summed E-state index contributed by atoms with van der Waals surface area (Å²) in [4.78, 5) is 50.3. The van der Waals surface area contributed by atoms with Gasteiger partial charge in [-0.1, -0.05) is 18.2 Å². The molecule has 1 N–H and O–H groups in total. The van der Waals surface area contributed by atoms with Crippen LogP contribution in [0.2, 0.25) is 0 Å². The maximum Gasteiger partial charge on any atom is 0.336 e. The highest BCUT2D eigenvalue weighted by Crippen LogP contribution is 2.35. The molecule has 11 nitrogen and oxygen atoms in total. The summed E-state index contributed by atoms with van der Waals surface area (Å²) in [7, 11) is 0. The molecule has 0 spiro atoms. The summed E-state index contributed by atoms with van der Waals surface area (Å²) in [6.45, 7) is 4.35. The first kappa shape index (κ1) is 28.5. The van der Waals surface area contributed by atoms with E-state index in [1.807, 2.05) is 22.6 Å². The van der Waals surface area contributed by atoms with Gasteiger partial charge in [-0.15, -0.1) is 0 Å². The van der Waals surface area contributed by atoms with Crippen molar-refractivity contribution < 1.29 is 33.5 Å². The minimum absolute atomic E-state index is 0.0290. The van der Waals surface area contributed by atoms with Crippen molar-refractivity contribution in [2.75, 3.05) is 18.1 Å². The third-order valence-corrected chi connectivity index (χ3v) is 6.51. The van der Waals surface area contributed by atoms with E-state index < -0.39 is 22.8 Å². The average Bonchev–Trinajstić information content (AvgIpc) is 2.92. The molecule has 0 bridgehead atoms. The topological polar surface area (TPSA) is 137 Å². The number of anilines is 1. The molecule has 1 saturated heterocycles. The van der Waals surface area contributed by atoms with Crippen LogP contribution in [0.4, 0.5) is 16.2 Å². The number of ether oxygens (including phenoxy) is 3. The molecule has 0 aromatic heterocycles. The second kappa shape index (κ2) is 12.6. The Balaban J connectivity index is 1.59. The predicted octanol–water partition coefficient (Wildman–Crippen LogP) is 5.24. The van der Waals surface area contributed by atoms with Crippen molar-refractivity contribution in [3.05, 3.63) is 91.0 Å². The van der Waals surface area contributed by atoms with E-state index in [1.54, 1.807) is 56.3 Å². The number of rotatable bonds is 10. The van der Waals surface area contributed by atoms with Crippen LogP contribution >= 0.6 is 22.6 Å². The number of nitrogens with one attached hydrogen (secondary N) is 1. The lowest BCUT2D eigenvalue weighted by molar-refractivity contribution is -0.384. The smallest absolute Gasteiger partial charge is 0.336 e. The normalized spacial score (nSPS) is 14.2. The van der Waals surface area contributed by atoms with E-state index in [0.29, 0.717) is 39.4 Å². The van der Waals surface area contributed by atoms with Gasteiger partial charge in [0.1, 0.15) is 29.4 Å². The van der Waals surface area contributed by atoms with Gasteiger partial charge in [0.15, 0.2) is 0 Å². The highest BCUT2D eigenvalue weighted by atomic mass is 127. The van der Waals surface area contributed by atoms with E-state index in [9.17, 15) is 24.5 Å². The number of nitrogens with zero attached hydrogens (tertiary/aromatic N) is 2. The quantitative estimate of drug-likeness (QED) is 0.103. The van der Waals surface area contributed by atoms with Crippen LogP contribution in [0, 0.1) is 13.7 Å². The number of urea groups is 1. The Bertz CT molecular complexity index is 1520. The summed E-state index contributed by atoms with van der Waals surface area (Å²) in [6.07, 6.45) is 1.39. The third-order valence-electron chi connectivity index (χ3n) is 5.67. The Hall–Kier alpha value is -4.46. The fourth-order valence-electron chi connectivity index (χ4n) is 3.89. The van der Waals surface area contributed by atoms with E-state index in [2.05, 4.69) is 5.32 Å². The number of carbonyl (C=O) groups is 3. The summed E-state index contributed by atoms with van der Waals surface area (Å²) in [5.41, 5.74) is 1.02. The standard InChI is InChI=1S/C28H24IN3O8/c1-3-38-20-9-11-25(39-4-2)23(15-20)31-27(34)21(26(33)30-28(31)35)13-17-8-10-24(22(29)14-17)40-16-18-6-5-7-19(12-18)32(36)37/h5-15H,3-4,16H2,1-2H3,(H,30,33,35)/b21-13+. The van der Waals surface area contributed by atoms with Crippen LogP contribution in [0.5, 0.6) is 17.2 Å². The van der Waals surface area contributed by atoms with Gasteiger partial charge < -0.3 is 14.2 Å². The summed E-state index contributed by atoms with van der Waals surface area (Å²) in [5, 5.41) is 13.2. The van der Waals surface area contributed by atoms with Crippen molar-refractivity contribution in [2.24, 2.45) is 0 Å². The number of benzene rings is 3. The number of non-ortho nitro benzene ring substituents is 1. The van der Waals surface area contributed by atoms with Gasteiger partial charge in [0.2, 0.25) is 0 Å². The fraction of sp³-hybridized carbons (Fsp3) is 0.179. The first-order valence-corrected chi connectivity index (χ1v) is 13.3. The molecule has 0 unspecified atom stereocenters. The Kier molecular flexibility index (Phi) is 8.99. The number of halogens is 1. The van der Waals surface area contributed by atoms with Gasteiger partial charge in [-0.05, 0) is 77.9 Å². The fourth-order valence-corrected chi connectivity index (χ4v) is 4.59. The van der Waals surface area contributed by atoms with Crippen molar-refractivity contribution in [3.8, 4) is 17.2 Å². The molecule has 0 saturated carbocycles. The summed E-state index contributed by atoms with van der Waals surface area (Å²) >= 11 is 2.05. The van der Waals surface area contributed by atoms with Gasteiger partial charge in [0.25, 0.3) is 17.5 Å². The molecule has 4 amide bonds. The van der Waals surface area contributed by atoms with Gasteiger partial charge >= 0.3 is 6.03 Å². The molecule has 40 heavy (non-hydrogen) atoms. The number of carbonyl (C=O) groups excluding carboxylic acids is 3. The van der Waals surface area contributed by atoms with E-state index in [0.717, 1.165) is 4.90 Å². The lowest BCUT2D eigenvalue weighted by Gasteiger charge is -2.28. The van der Waals surface area contributed by atoms with Crippen molar-refractivity contribution >= 4 is 57.9 Å². The number of amides is 4. The first-order valence-electron chi connectivity index (χ1n) is 12.2. The summed E-state index contributed by atoms with van der Waals surface area (Å²) in [5.74, 6) is -0.419. The summed E-state index contributed by atoms with van der Waals surface area (Å²) in [6, 6.07) is 15.0. The Morgan fingerprint density at radius 2 is 1.70 bits per heavy atom. The maximum atomic E-state index is 13.5. The van der Waals surface area contributed by atoms with Crippen LogP contribution in [-0.2, 0) is 16.2 Å². The highest BCUT2D eigenvalue weighted by Gasteiger charge is 2.38. The number of nitro groups is 1. The molecule has 4 rings (SSSR count). The molecule has 0 atom stereocenters. The zero-order valence-corrected chi connectivity index (χ0v) is 23.7. The van der Waals surface area contributed by atoms with Crippen molar-refractivity contribution in [3.63, 3.8) is 0 Å². The third kappa shape index (κ3) is 6.39.